The molecule has 36 heavy (non-hydrogen) atoms. The van der Waals surface area contributed by atoms with Gasteiger partial charge < -0.3 is 18.8 Å². The Labute approximate surface area is 211 Å². The first-order valence-electron chi connectivity index (χ1n) is 11.1. The van der Waals surface area contributed by atoms with Crippen molar-refractivity contribution in [2.75, 3.05) is 13.7 Å². The van der Waals surface area contributed by atoms with E-state index in [1.807, 2.05) is 12.1 Å². The van der Waals surface area contributed by atoms with E-state index < -0.39 is 23.2 Å². The number of hydrogen-bond acceptors (Lipinski definition) is 5. The quantitative estimate of drug-likeness (QED) is 0.292. The maximum Gasteiger partial charge on any atom is 0.291 e. The molecule has 0 radical (unpaired) electrons. The van der Waals surface area contributed by atoms with Gasteiger partial charge in [-0.25, -0.2) is 4.39 Å². The normalized spacial score (nSPS) is 14.7. The van der Waals surface area contributed by atoms with Crippen LogP contribution in [0, 0.1) is 5.82 Å². The van der Waals surface area contributed by atoms with E-state index in [0.29, 0.717) is 27.6 Å². The molecular weight excluding hydrogens is 485 g/mol. The third kappa shape index (κ3) is 4.01. The number of carbonyl (C=O) groups is 1. The highest BCUT2D eigenvalue weighted by Crippen LogP contribution is 2.42. The molecule has 1 aliphatic heterocycles. The fourth-order valence-electron chi connectivity index (χ4n) is 4.43. The van der Waals surface area contributed by atoms with E-state index >= 15 is 0 Å². The summed E-state index contributed by atoms with van der Waals surface area (Å²) in [6, 6.07) is 15.1. The number of halogens is 2. The zero-order valence-corrected chi connectivity index (χ0v) is 20.0. The molecule has 0 saturated carbocycles. The van der Waals surface area contributed by atoms with Gasteiger partial charge in [0.15, 0.2) is 16.9 Å². The number of fused-ring (bicyclic) bond motifs is 2. The number of benzene rings is 3. The summed E-state index contributed by atoms with van der Waals surface area (Å²) in [5.41, 5.74) is 1.09. The maximum atomic E-state index is 14.0. The van der Waals surface area contributed by atoms with E-state index in [2.05, 4.69) is 6.58 Å². The fraction of sp³-hybridized carbons (Fsp3) is 0.143. The van der Waals surface area contributed by atoms with Crippen LogP contribution in [0.15, 0.2) is 82.5 Å². The van der Waals surface area contributed by atoms with Gasteiger partial charge in [0.2, 0.25) is 5.76 Å². The van der Waals surface area contributed by atoms with Crippen LogP contribution in [0.4, 0.5) is 4.39 Å². The van der Waals surface area contributed by atoms with Gasteiger partial charge in [-0.2, -0.15) is 0 Å². The molecule has 3 aromatic carbocycles. The van der Waals surface area contributed by atoms with Crippen molar-refractivity contribution in [3.63, 3.8) is 0 Å². The molecule has 0 aliphatic carbocycles. The molecule has 2 heterocycles. The first-order valence-corrected chi connectivity index (χ1v) is 11.5. The molecule has 1 aromatic heterocycles. The summed E-state index contributed by atoms with van der Waals surface area (Å²) in [7, 11) is 1.50. The lowest BCUT2D eigenvalue weighted by Crippen LogP contribution is -2.29. The fourth-order valence-corrected chi connectivity index (χ4v) is 4.63. The molecule has 0 fully saturated rings. The summed E-state index contributed by atoms with van der Waals surface area (Å²) < 4.78 is 31.1. The van der Waals surface area contributed by atoms with Crippen LogP contribution in [0.1, 0.15) is 33.3 Å². The average Bonchev–Trinajstić information content (AvgIpc) is 3.16. The molecule has 0 spiro atoms. The van der Waals surface area contributed by atoms with Crippen molar-refractivity contribution in [3.8, 4) is 11.5 Å². The molecule has 182 valence electrons. The second-order valence-electron chi connectivity index (χ2n) is 8.25. The SMILES string of the molecule is C=CCOc1ccc(C2c3c(oc4ccc(F)cc4c3=O)C(=O)N2Cc2ccccc2Cl)cc1OC. The molecule has 1 amide bonds. The third-order valence-corrected chi connectivity index (χ3v) is 6.46. The van der Waals surface area contributed by atoms with Gasteiger partial charge in [-0.15, -0.1) is 0 Å². The Morgan fingerprint density at radius 1 is 1.11 bits per heavy atom. The summed E-state index contributed by atoms with van der Waals surface area (Å²) in [4.78, 5) is 28.8. The number of rotatable bonds is 7. The summed E-state index contributed by atoms with van der Waals surface area (Å²) in [5.74, 6) is -0.222. The predicted octanol–water partition coefficient (Wildman–Crippen LogP) is 5.90. The summed E-state index contributed by atoms with van der Waals surface area (Å²) in [5, 5.41) is 0.543. The Balaban J connectivity index is 1.71. The van der Waals surface area contributed by atoms with Crippen molar-refractivity contribution in [1.29, 1.82) is 0 Å². The Morgan fingerprint density at radius 2 is 1.92 bits per heavy atom. The largest absolute Gasteiger partial charge is 0.493 e. The molecule has 1 aliphatic rings. The van der Waals surface area contributed by atoms with Gasteiger partial charge in [-0.05, 0) is 47.5 Å². The molecule has 1 unspecified atom stereocenters. The molecule has 4 aromatic rings. The van der Waals surface area contributed by atoms with E-state index in [0.717, 1.165) is 6.07 Å². The van der Waals surface area contributed by atoms with Crippen LogP contribution < -0.4 is 14.9 Å². The van der Waals surface area contributed by atoms with Crippen molar-refractivity contribution in [1.82, 2.24) is 4.90 Å². The first kappa shape index (κ1) is 23.6. The minimum atomic E-state index is -0.824. The van der Waals surface area contributed by atoms with Gasteiger partial charge in [0.05, 0.1) is 24.1 Å². The van der Waals surface area contributed by atoms with Crippen molar-refractivity contribution in [2.24, 2.45) is 0 Å². The second kappa shape index (κ2) is 9.51. The lowest BCUT2D eigenvalue weighted by molar-refractivity contribution is 0.0714. The van der Waals surface area contributed by atoms with Crippen LogP contribution in [0.2, 0.25) is 5.02 Å². The Kier molecular flexibility index (Phi) is 6.24. The van der Waals surface area contributed by atoms with E-state index in [-0.39, 0.29) is 35.4 Å². The van der Waals surface area contributed by atoms with Crippen molar-refractivity contribution in [2.45, 2.75) is 12.6 Å². The van der Waals surface area contributed by atoms with Crippen LogP contribution >= 0.6 is 11.6 Å². The number of nitrogens with zero attached hydrogens (tertiary/aromatic N) is 1. The van der Waals surface area contributed by atoms with Gasteiger partial charge in [0, 0.05) is 11.6 Å². The van der Waals surface area contributed by atoms with Crippen LogP contribution in [0.5, 0.6) is 11.5 Å². The highest BCUT2D eigenvalue weighted by atomic mass is 35.5. The Hall–Kier alpha value is -4.10. The molecule has 1 atom stereocenters. The number of methoxy groups -OCH3 is 1. The smallest absolute Gasteiger partial charge is 0.291 e. The summed E-state index contributed by atoms with van der Waals surface area (Å²) in [6.45, 7) is 4.05. The summed E-state index contributed by atoms with van der Waals surface area (Å²) >= 11 is 6.40. The topological polar surface area (TPSA) is 69.0 Å². The zero-order valence-electron chi connectivity index (χ0n) is 19.3. The lowest BCUT2D eigenvalue weighted by atomic mass is 9.97. The van der Waals surface area contributed by atoms with E-state index in [1.165, 1.54) is 24.1 Å². The zero-order chi connectivity index (χ0) is 25.4. The van der Waals surface area contributed by atoms with Gasteiger partial charge in [-0.3, -0.25) is 9.59 Å². The standard InChI is InChI=1S/C28H21ClFNO5/c1-3-12-35-22-10-8-16(13-23(22)34-2)25-24-26(32)19-14-18(30)9-11-21(19)36-27(24)28(33)31(25)15-17-6-4-5-7-20(17)29/h3-11,13-14,25H,1,12,15H2,2H3. The van der Waals surface area contributed by atoms with Crippen molar-refractivity contribution >= 4 is 28.5 Å². The van der Waals surface area contributed by atoms with Crippen LogP contribution in [0.3, 0.4) is 0 Å². The third-order valence-electron chi connectivity index (χ3n) is 6.09. The molecule has 0 saturated heterocycles. The van der Waals surface area contributed by atoms with Gasteiger partial charge in [0.1, 0.15) is 18.0 Å². The minimum Gasteiger partial charge on any atom is -0.493 e. The van der Waals surface area contributed by atoms with E-state index in [1.54, 1.807) is 36.4 Å². The van der Waals surface area contributed by atoms with Gasteiger partial charge >= 0.3 is 0 Å². The minimum absolute atomic E-state index is 0.0593. The van der Waals surface area contributed by atoms with Crippen molar-refractivity contribution in [3.05, 3.63) is 117 Å². The number of amides is 1. The average molecular weight is 506 g/mol. The highest BCUT2D eigenvalue weighted by Gasteiger charge is 2.43. The maximum absolute atomic E-state index is 14.0. The molecular formula is C28H21ClFNO5. The van der Waals surface area contributed by atoms with Crippen LogP contribution in [-0.2, 0) is 6.54 Å². The predicted molar refractivity (Wildman–Crippen MR) is 134 cm³/mol. The van der Waals surface area contributed by atoms with Crippen molar-refractivity contribution < 1.29 is 23.1 Å². The molecule has 0 bridgehead atoms. The highest BCUT2D eigenvalue weighted by molar-refractivity contribution is 6.31. The molecule has 8 heteroatoms. The molecule has 5 rings (SSSR count). The monoisotopic (exact) mass is 505 g/mol. The van der Waals surface area contributed by atoms with E-state index in [4.69, 9.17) is 25.5 Å². The van der Waals surface area contributed by atoms with Crippen LogP contribution in [0.25, 0.3) is 11.0 Å². The molecule has 0 N–H and O–H groups in total. The Bertz CT molecular complexity index is 1560. The van der Waals surface area contributed by atoms with Gasteiger partial charge in [0.25, 0.3) is 5.91 Å². The summed E-state index contributed by atoms with van der Waals surface area (Å²) in [6.07, 6.45) is 1.61. The lowest BCUT2D eigenvalue weighted by Gasteiger charge is -2.26. The Morgan fingerprint density at radius 3 is 2.67 bits per heavy atom. The van der Waals surface area contributed by atoms with E-state index in [9.17, 15) is 14.0 Å². The number of ether oxygens (including phenoxy) is 2. The second-order valence-corrected chi connectivity index (χ2v) is 8.66. The molecule has 6 nitrogen and oxygen atoms in total. The number of carbonyl (C=O) groups excluding carboxylic acids is 1. The van der Waals surface area contributed by atoms with Crippen LogP contribution in [-0.4, -0.2) is 24.5 Å². The van der Waals surface area contributed by atoms with Gasteiger partial charge in [-0.1, -0.05) is 48.5 Å². The first-order chi connectivity index (χ1) is 17.4. The number of hydrogen-bond donors (Lipinski definition) is 0.